The molecule has 0 saturated carbocycles. The zero-order valence-corrected chi connectivity index (χ0v) is 17.7. The summed E-state index contributed by atoms with van der Waals surface area (Å²) < 4.78 is 29.9. The van der Waals surface area contributed by atoms with Crippen LogP contribution in [0.15, 0.2) is 22.4 Å². The van der Waals surface area contributed by atoms with E-state index in [1.807, 2.05) is 18.5 Å². The highest BCUT2D eigenvalue weighted by atomic mass is 32.2. The molecule has 2 aromatic rings. The van der Waals surface area contributed by atoms with Crippen molar-refractivity contribution < 1.29 is 8.42 Å². The third-order valence-corrected chi connectivity index (χ3v) is 8.90. The molecule has 0 bridgehead atoms. The smallest absolute Gasteiger partial charge is 0.246 e. The highest BCUT2D eigenvalue weighted by molar-refractivity contribution is 7.89. The molecular formula is C19H28N4O2S2. The average Bonchev–Trinajstić information content (AvgIpc) is 3.37. The Balaban J connectivity index is 1.59. The maximum atomic E-state index is 13.2. The average molecular weight is 409 g/mol. The lowest BCUT2D eigenvalue weighted by Gasteiger charge is -2.26. The van der Waals surface area contributed by atoms with Crippen molar-refractivity contribution in [1.29, 1.82) is 0 Å². The standard InChI is InChI=1S/C19H28N4O2S2/c1-15-19(27(24,25)22-11-4-3-5-12-22)16(2)23(20-15)14-21-10-6-8-17(21)18-9-7-13-26-18/h7,9,13,17H,3-6,8,10-12,14H2,1-2H3. The van der Waals surface area contributed by atoms with E-state index in [0.717, 1.165) is 37.9 Å². The second-order valence-corrected chi connectivity index (χ2v) is 10.4. The summed E-state index contributed by atoms with van der Waals surface area (Å²) in [5, 5.41) is 6.75. The van der Waals surface area contributed by atoms with Gasteiger partial charge in [0.2, 0.25) is 10.0 Å². The minimum absolute atomic E-state index is 0.413. The van der Waals surface area contributed by atoms with Gasteiger partial charge in [-0.3, -0.25) is 9.58 Å². The van der Waals surface area contributed by atoms with Crippen molar-refractivity contribution in [2.75, 3.05) is 19.6 Å². The molecule has 2 aliphatic heterocycles. The van der Waals surface area contributed by atoms with Crippen molar-refractivity contribution in [3.05, 3.63) is 33.8 Å². The van der Waals surface area contributed by atoms with Gasteiger partial charge < -0.3 is 0 Å². The summed E-state index contributed by atoms with van der Waals surface area (Å²) in [6, 6.07) is 4.71. The second kappa shape index (κ2) is 7.66. The summed E-state index contributed by atoms with van der Waals surface area (Å²) >= 11 is 1.80. The Morgan fingerprint density at radius 2 is 1.93 bits per heavy atom. The molecule has 4 heterocycles. The van der Waals surface area contributed by atoms with E-state index in [-0.39, 0.29) is 0 Å². The van der Waals surface area contributed by atoms with E-state index < -0.39 is 10.0 Å². The fourth-order valence-electron chi connectivity index (χ4n) is 4.40. The maximum absolute atomic E-state index is 13.2. The predicted molar refractivity (Wildman–Crippen MR) is 107 cm³/mol. The van der Waals surface area contributed by atoms with Gasteiger partial charge in [0.15, 0.2) is 0 Å². The summed E-state index contributed by atoms with van der Waals surface area (Å²) in [6.07, 6.45) is 5.32. The van der Waals surface area contributed by atoms with E-state index in [2.05, 4.69) is 27.5 Å². The van der Waals surface area contributed by atoms with Crippen molar-refractivity contribution in [2.24, 2.45) is 0 Å². The quantitative estimate of drug-likeness (QED) is 0.759. The molecule has 8 heteroatoms. The Hall–Kier alpha value is -1.22. The van der Waals surface area contributed by atoms with E-state index in [0.29, 0.717) is 36.4 Å². The first-order chi connectivity index (χ1) is 13.0. The van der Waals surface area contributed by atoms with Crippen LogP contribution in [0.25, 0.3) is 0 Å². The maximum Gasteiger partial charge on any atom is 0.246 e. The van der Waals surface area contributed by atoms with E-state index in [1.54, 1.807) is 15.6 Å². The zero-order valence-electron chi connectivity index (χ0n) is 16.1. The number of piperidine rings is 1. The molecule has 4 rings (SSSR count). The van der Waals surface area contributed by atoms with Gasteiger partial charge >= 0.3 is 0 Å². The van der Waals surface area contributed by atoms with Crippen molar-refractivity contribution >= 4 is 21.4 Å². The van der Waals surface area contributed by atoms with Gasteiger partial charge in [0.05, 0.1) is 18.1 Å². The summed E-state index contributed by atoms with van der Waals surface area (Å²) in [5.74, 6) is 0. The second-order valence-electron chi connectivity index (χ2n) is 7.59. The van der Waals surface area contributed by atoms with Crippen LogP contribution in [0.3, 0.4) is 0 Å². The van der Waals surface area contributed by atoms with Gasteiger partial charge in [0.25, 0.3) is 0 Å². The fourth-order valence-corrected chi connectivity index (χ4v) is 7.18. The normalized spacial score (nSPS) is 22.5. The lowest BCUT2D eigenvalue weighted by Crippen LogP contribution is -2.36. The number of sulfonamides is 1. The van der Waals surface area contributed by atoms with E-state index >= 15 is 0 Å². The zero-order chi connectivity index (χ0) is 19.0. The van der Waals surface area contributed by atoms with Crippen LogP contribution in [-0.2, 0) is 16.7 Å². The highest BCUT2D eigenvalue weighted by Gasteiger charge is 2.33. The SMILES string of the molecule is Cc1nn(CN2CCCC2c2cccs2)c(C)c1S(=O)(=O)N1CCCCC1. The van der Waals surface area contributed by atoms with Gasteiger partial charge in [-0.15, -0.1) is 11.3 Å². The van der Waals surface area contributed by atoms with Crippen LogP contribution in [-0.4, -0.2) is 47.0 Å². The minimum Gasteiger partial charge on any atom is -0.276 e. The van der Waals surface area contributed by atoms with E-state index in [4.69, 9.17) is 0 Å². The predicted octanol–water partition coefficient (Wildman–Crippen LogP) is 3.53. The lowest BCUT2D eigenvalue weighted by atomic mass is 10.2. The molecule has 27 heavy (non-hydrogen) atoms. The summed E-state index contributed by atoms with van der Waals surface area (Å²) in [7, 11) is -3.46. The molecule has 2 aromatic heterocycles. The summed E-state index contributed by atoms with van der Waals surface area (Å²) in [6.45, 7) is 6.63. The van der Waals surface area contributed by atoms with Crippen LogP contribution in [0, 0.1) is 13.8 Å². The van der Waals surface area contributed by atoms with Gasteiger partial charge in [-0.2, -0.15) is 9.40 Å². The number of hydrogen-bond acceptors (Lipinski definition) is 5. The molecule has 0 spiro atoms. The Morgan fingerprint density at radius 1 is 1.15 bits per heavy atom. The van der Waals surface area contributed by atoms with Crippen LogP contribution >= 0.6 is 11.3 Å². The Morgan fingerprint density at radius 3 is 2.63 bits per heavy atom. The molecule has 0 aliphatic carbocycles. The number of aryl methyl sites for hydroxylation is 1. The lowest BCUT2D eigenvalue weighted by molar-refractivity contribution is 0.191. The number of hydrogen-bond donors (Lipinski definition) is 0. The third-order valence-electron chi connectivity index (χ3n) is 5.78. The van der Waals surface area contributed by atoms with Crippen molar-refractivity contribution in [2.45, 2.75) is 63.6 Å². The molecule has 0 N–H and O–H groups in total. The molecule has 1 unspecified atom stereocenters. The molecule has 2 aliphatic rings. The Bertz CT molecular complexity index is 883. The minimum atomic E-state index is -3.46. The molecule has 1 atom stereocenters. The summed E-state index contributed by atoms with van der Waals surface area (Å²) in [5.41, 5.74) is 1.37. The van der Waals surface area contributed by atoms with Crippen LogP contribution in [0.2, 0.25) is 0 Å². The number of nitrogens with zero attached hydrogens (tertiary/aromatic N) is 4. The Kier molecular flexibility index (Phi) is 5.42. The van der Waals surface area contributed by atoms with E-state index in [9.17, 15) is 8.42 Å². The first kappa shape index (κ1) is 19.1. The summed E-state index contributed by atoms with van der Waals surface area (Å²) in [4.78, 5) is 4.22. The molecule has 0 aromatic carbocycles. The molecule has 0 amide bonds. The molecule has 148 valence electrons. The Labute approximate surface area is 165 Å². The molecular weight excluding hydrogens is 380 g/mol. The largest absolute Gasteiger partial charge is 0.276 e. The van der Waals surface area contributed by atoms with Gasteiger partial charge in [0.1, 0.15) is 4.90 Å². The number of thiophene rings is 1. The number of likely N-dealkylation sites (tertiary alicyclic amines) is 1. The van der Waals surface area contributed by atoms with Gasteiger partial charge in [-0.1, -0.05) is 12.5 Å². The van der Waals surface area contributed by atoms with Crippen molar-refractivity contribution in [3.63, 3.8) is 0 Å². The highest BCUT2D eigenvalue weighted by Crippen LogP contribution is 2.35. The van der Waals surface area contributed by atoms with Gasteiger partial charge in [-0.25, -0.2) is 8.42 Å². The van der Waals surface area contributed by atoms with Crippen molar-refractivity contribution in [3.8, 4) is 0 Å². The van der Waals surface area contributed by atoms with Crippen LogP contribution < -0.4 is 0 Å². The topological polar surface area (TPSA) is 58.4 Å². The molecule has 2 saturated heterocycles. The molecule has 2 fully saturated rings. The first-order valence-electron chi connectivity index (χ1n) is 9.80. The number of aromatic nitrogens is 2. The van der Waals surface area contributed by atoms with Crippen LogP contribution in [0.1, 0.15) is 54.4 Å². The van der Waals surface area contributed by atoms with E-state index in [1.165, 1.54) is 11.3 Å². The fraction of sp³-hybridized carbons (Fsp3) is 0.632. The van der Waals surface area contributed by atoms with Crippen LogP contribution in [0.5, 0.6) is 0 Å². The van der Waals surface area contributed by atoms with Gasteiger partial charge in [-0.05, 0) is 51.0 Å². The van der Waals surface area contributed by atoms with Gasteiger partial charge in [0, 0.05) is 30.6 Å². The monoisotopic (exact) mass is 408 g/mol. The van der Waals surface area contributed by atoms with Crippen molar-refractivity contribution in [1.82, 2.24) is 19.0 Å². The molecule has 6 nitrogen and oxygen atoms in total. The first-order valence-corrected chi connectivity index (χ1v) is 12.1. The molecule has 0 radical (unpaired) electrons. The third kappa shape index (κ3) is 3.60. The number of rotatable bonds is 5. The van der Waals surface area contributed by atoms with Crippen LogP contribution in [0.4, 0.5) is 0 Å².